The summed E-state index contributed by atoms with van der Waals surface area (Å²) in [5.74, 6) is 1.49. The number of rotatable bonds is 7. The topological polar surface area (TPSA) is 31.6 Å². The molecule has 1 N–H and O–H groups in total. The van der Waals surface area contributed by atoms with Crippen LogP contribution < -0.4 is 5.32 Å². The SMILES string of the molecule is CC(C)CN(CCN(C)C)C(=S)NCc1ccco1. The minimum absolute atomic E-state index is 0.588. The number of nitrogens with one attached hydrogen (secondary N) is 1. The van der Waals surface area contributed by atoms with E-state index < -0.39 is 0 Å². The lowest BCUT2D eigenvalue weighted by Gasteiger charge is -2.28. The number of likely N-dealkylation sites (N-methyl/N-ethyl adjacent to an activating group) is 1. The van der Waals surface area contributed by atoms with Crippen LogP contribution in [0.4, 0.5) is 0 Å². The van der Waals surface area contributed by atoms with Crippen LogP contribution in [0.15, 0.2) is 22.8 Å². The molecule has 1 heterocycles. The van der Waals surface area contributed by atoms with Crippen molar-refractivity contribution in [3.63, 3.8) is 0 Å². The van der Waals surface area contributed by atoms with Crippen LogP contribution in [-0.4, -0.2) is 48.6 Å². The third-order valence-electron chi connectivity index (χ3n) is 2.68. The largest absolute Gasteiger partial charge is 0.467 e. The van der Waals surface area contributed by atoms with Gasteiger partial charge in [-0.3, -0.25) is 0 Å². The molecule has 1 aromatic rings. The summed E-state index contributed by atoms with van der Waals surface area (Å²) in [5.41, 5.74) is 0. The lowest BCUT2D eigenvalue weighted by Crippen LogP contribution is -2.44. The highest BCUT2D eigenvalue weighted by Gasteiger charge is 2.11. The summed E-state index contributed by atoms with van der Waals surface area (Å²) < 4.78 is 5.29. The summed E-state index contributed by atoms with van der Waals surface area (Å²) in [7, 11) is 4.15. The molecule has 0 atom stereocenters. The standard InChI is InChI=1S/C14H25N3OS/c1-12(2)11-17(8-7-16(3)4)14(19)15-10-13-6-5-9-18-13/h5-6,9,12H,7-8,10-11H2,1-4H3,(H,15,19). The van der Waals surface area contributed by atoms with E-state index in [0.29, 0.717) is 12.5 Å². The minimum atomic E-state index is 0.588. The van der Waals surface area contributed by atoms with Crippen molar-refractivity contribution in [2.75, 3.05) is 33.7 Å². The second kappa shape index (κ2) is 8.17. The van der Waals surface area contributed by atoms with Crippen molar-refractivity contribution < 1.29 is 4.42 Å². The Morgan fingerprint density at radius 2 is 2.11 bits per heavy atom. The predicted molar refractivity (Wildman–Crippen MR) is 83.1 cm³/mol. The van der Waals surface area contributed by atoms with Crippen LogP contribution >= 0.6 is 12.2 Å². The van der Waals surface area contributed by atoms with Crippen molar-refractivity contribution in [1.29, 1.82) is 0 Å². The van der Waals surface area contributed by atoms with Crippen LogP contribution in [0.1, 0.15) is 19.6 Å². The van der Waals surface area contributed by atoms with Crippen molar-refractivity contribution >= 4 is 17.3 Å². The molecule has 0 fully saturated rings. The zero-order valence-corrected chi connectivity index (χ0v) is 13.2. The van der Waals surface area contributed by atoms with Gasteiger partial charge in [0, 0.05) is 19.6 Å². The number of nitrogens with zero attached hydrogens (tertiary/aromatic N) is 2. The first-order chi connectivity index (χ1) is 8.99. The van der Waals surface area contributed by atoms with Gasteiger partial charge in [-0.1, -0.05) is 13.8 Å². The molecule has 0 aliphatic rings. The molecule has 0 amide bonds. The molecular formula is C14H25N3OS. The maximum absolute atomic E-state index is 5.47. The Morgan fingerprint density at radius 1 is 1.37 bits per heavy atom. The molecule has 108 valence electrons. The summed E-state index contributed by atoms with van der Waals surface area (Å²) in [6.07, 6.45) is 1.68. The van der Waals surface area contributed by atoms with Crippen LogP contribution in [0.5, 0.6) is 0 Å². The van der Waals surface area contributed by atoms with Crippen molar-refractivity contribution in [3.05, 3.63) is 24.2 Å². The summed E-state index contributed by atoms with van der Waals surface area (Å²) in [5, 5.41) is 4.06. The van der Waals surface area contributed by atoms with E-state index in [-0.39, 0.29) is 0 Å². The monoisotopic (exact) mass is 283 g/mol. The highest BCUT2D eigenvalue weighted by Crippen LogP contribution is 2.02. The van der Waals surface area contributed by atoms with Crippen molar-refractivity contribution in [2.45, 2.75) is 20.4 Å². The Balaban J connectivity index is 2.45. The van der Waals surface area contributed by atoms with Gasteiger partial charge in [-0.05, 0) is 44.4 Å². The normalized spacial score (nSPS) is 11.1. The Morgan fingerprint density at radius 3 is 2.63 bits per heavy atom. The van der Waals surface area contributed by atoms with Gasteiger partial charge >= 0.3 is 0 Å². The molecule has 0 bridgehead atoms. The van der Waals surface area contributed by atoms with E-state index in [9.17, 15) is 0 Å². The lowest BCUT2D eigenvalue weighted by molar-refractivity contribution is 0.304. The maximum atomic E-state index is 5.47. The van der Waals surface area contributed by atoms with E-state index in [1.807, 2.05) is 12.1 Å². The van der Waals surface area contributed by atoms with Crippen LogP contribution in [0, 0.1) is 5.92 Å². The maximum Gasteiger partial charge on any atom is 0.169 e. The molecule has 1 aromatic heterocycles. The van der Waals surface area contributed by atoms with Crippen LogP contribution in [0.2, 0.25) is 0 Å². The molecule has 0 aliphatic carbocycles. The third kappa shape index (κ3) is 6.59. The van der Waals surface area contributed by atoms with Gasteiger partial charge in [-0.15, -0.1) is 0 Å². The Kier molecular flexibility index (Phi) is 6.87. The quantitative estimate of drug-likeness (QED) is 0.775. The van der Waals surface area contributed by atoms with Gasteiger partial charge in [0.2, 0.25) is 0 Å². The molecule has 0 saturated heterocycles. The molecule has 1 rings (SSSR count). The minimum Gasteiger partial charge on any atom is -0.467 e. The number of furan rings is 1. The van der Waals surface area contributed by atoms with Gasteiger partial charge in [0.05, 0.1) is 12.8 Å². The number of hydrogen-bond acceptors (Lipinski definition) is 3. The van der Waals surface area contributed by atoms with Gasteiger partial charge in [0.25, 0.3) is 0 Å². The second-order valence-electron chi connectivity index (χ2n) is 5.38. The van der Waals surface area contributed by atoms with E-state index in [0.717, 1.165) is 30.5 Å². The zero-order chi connectivity index (χ0) is 14.3. The Labute approximate surface area is 121 Å². The molecule has 0 aromatic carbocycles. The predicted octanol–water partition coefficient (Wildman–Crippen LogP) is 2.17. The first kappa shape index (κ1) is 16.0. The van der Waals surface area contributed by atoms with Crippen molar-refractivity contribution in [2.24, 2.45) is 5.92 Å². The molecule has 4 nitrogen and oxygen atoms in total. The second-order valence-corrected chi connectivity index (χ2v) is 5.77. The summed E-state index contributed by atoms with van der Waals surface area (Å²) in [4.78, 5) is 4.39. The van der Waals surface area contributed by atoms with E-state index in [1.54, 1.807) is 6.26 Å². The highest BCUT2D eigenvalue weighted by atomic mass is 32.1. The van der Waals surface area contributed by atoms with Crippen molar-refractivity contribution in [1.82, 2.24) is 15.1 Å². The fourth-order valence-corrected chi connectivity index (χ4v) is 1.96. The first-order valence-corrected chi connectivity index (χ1v) is 7.09. The molecule has 0 unspecified atom stereocenters. The number of hydrogen-bond donors (Lipinski definition) is 1. The average molecular weight is 283 g/mol. The zero-order valence-electron chi connectivity index (χ0n) is 12.3. The van der Waals surface area contributed by atoms with Crippen molar-refractivity contribution in [3.8, 4) is 0 Å². The van der Waals surface area contributed by atoms with Crippen LogP contribution in [0.3, 0.4) is 0 Å². The molecular weight excluding hydrogens is 258 g/mol. The molecule has 0 saturated carbocycles. The van der Waals surface area contributed by atoms with Gasteiger partial charge in [0.1, 0.15) is 5.76 Å². The summed E-state index contributed by atoms with van der Waals surface area (Å²) in [6, 6.07) is 3.83. The first-order valence-electron chi connectivity index (χ1n) is 6.69. The van der Waals surface area contributed by atoms with E-state index in [4.69, 9.17) is 16.6 Å². The molecule has 0 aliphatic heterocycles. The fourth-order valence-electron chi connectivity index (χ4n) is 1.72. The summed E-state index contributed by atoms with van der Waals surface area (Å²) in [6.45, 7) is 7.96. The number of thiocarbonyl (C=S) groups is 1. The molecule has 5 heteroatoms. The van der Waals surface area contributed by atoms with E-state index in [1.165, 1.54) is 0 Å². The third-order valence-corrected chi connectivity index (χ3v) is 3.09. The van der Waals surface area contributed by atoms with Gasteiger partial charge in [0.15, 0.2) is 5.11 Å². The average Bonchev–Trinajstić information content (AvgIpc) is 2.83. The Hall–Kier alpha value is -1.07. The molecule has 0 spiro atoms. The fraction of sp³-hybridized carbons (Fsp3) is 0.643. The van der Waals surface area contributed by atoms with E-state index >= 15 is 0 Å². The smallest absolute Gasteiger partial charge is 0.169 e. The van der Waals surface area contributed by atoms with Gasteiger partial charge < -0.3 is 19.5 Å². The highest BCUT2D eigenvalue weighted by molar-refractivity contribution is 7.80. The Bertz CT molecular complexity index is 363. The molecule has 0 radical (unpaired) electrons. The molecule has 19 heavy (non-hydrogen) atoms. The van der Waals surface area contributed by atoms with Crippen LogP contribution in [0.25, 0.3) is 0 Å². The van der Waals surface area contributed by atoms with Gasteiger partial charge in [-0.2, -0.15) is 0 Å². The van der Waals surface area contributed by atoms with Crippen LogP contribution in [-0.2, 0) is 6.54 Å². The lowest BCUT2D eigenvalue weighted by atomic mass is 10.2. The summed E-state index contributed by atoms with van der Waals surface area (Å²) >= 11 is 5.47. The van der Waals surface area contributed by atoms with E-state index in [2.05, 4.69) is 43.1 Å². The van der Waals surface area contributed by atoms with Gasteiger partial charge in [-0.25, -0.2) is 0 Å².